The van der Waals surface area contributed by atoms with Crippen LogP contribution in [0.3, 0.4) is 0 Å². The Bertz CT molecular complexity index is 592. The molecule has 1 aliphatic rings. The van der Waals surface area contributed by atoms with Gasteiger partial charge < -0.3 is 15.5 Å². The molecule has 0 saturated carbocycles. The molecule has 1 fully saturated rings. The van der Waals surface area contributed by atoms with E-state index < -0.39 is 0 Å². The number of benzene rings is 1. The molecule has 1 aromatic rings. The number of hydrogen-bond donors (Lipinski definition) is 2. The molecule has 7 heteroatoms. The molecule has 1 saturated heterocycles. The summed E-state index contributed by atoms with van der Waals surface area (Å²) in [7, 11) is 0. The SMILES string of the molecule is CC(C)(C)NC(=O)CN1CCN(C(=S)NCc2ccc(F)cc2)CC1. The van der Waals surface area contributed by atoms with Gasteiger partial charge in [-0.05, 0) is 50.7 Å². The van der Waals surface area contributed by atoms with Gasteiger partial charge in [-0.1, -0.05) is 12.1 Å². The van der Waals surface area contributed by atoms with Crippen LogP contribution in [0.5, 0.6) is 0 Å². The minimum Gasteiger partial charge on any atom is -0.358 e. The van der Waals surface area contributed by atoms with E-state index in [1.807, 2.05) is 20.8 Å². The van der Waals surface area contributed by atoms with Gasteiger partial charge in [-0.2, -0.15) is 0 Å². The molecular weight excluding hydrogens is 339 g/mol. The third-order valence-electron chi connectivity index (χ3n) is 3.90. The smallest absolute Gasteiger partial charge is 0.234 e. The van der Waals surface area contributed by atoms with Crippen LogP contribution in [0.1, 0.15) is 26.3 Å². The lowest BCUT2D eigenvalue weighted by Crippen LogP contribution is -2.54. The summed E-state index contributed by atoms with van der Waals surface area (Å²) in [4.78, 5) is 16.2. The van der Waals surface area contributed by atoms with Crippen molar-refractivity contribution in [2.24, 2.45) is 0 Å². The maximum absolute atomic E-state index is 12.9. The van der Waals surface area contributed by atoms with Crippen molar-refractivity contribution in [3.05, 3.63) is 35.6 Å². The lowest BCUT2D eigenvalue weighted by atomic mass is 10.1. The molecule has 0 aromatic heterocycles. The Morgan fingerprint density at radius 1 is 1.16 bits per heavy atom. The fraction of sp³-hybridized carbons (Fsp3) is 0.556. The van der Waals surface area contributed by atoms with Gasteiger partial charge in [0.2, 0.25) is 5.91 Å². The number of nitrogens with zero attached hydrogens (tertiary/aromatic N) is 2. The highest BCUT2D eigenvalue weighted by Crippen LogP contribution is 2.06. The summed E-state index contributed by atoms with van der Waals surface area (Å²) < 4.78 is 12.9. The predicted octanol–water partition coefficient (Wildman–Crippen LogP) is 1.73. The third kappa shape index (κ3) is 6.96. The van der Waals surface area contributed by atoms with Crippen molar-refractivity contribution in [3.8, 4) is 0 Å². The Morgan fingerprint density at radius 2 is 1.76 bits per heavy atom. The molecule has 0 radical (unpaired) electrons. The Labute approximate surface area is 154 Å². The van der Waals surface area contributed by atoms with Gasteiger partial charge in [-0.15, -0.1) is 0 Å². The van der Waals surface area contributed by atoms with Crippen molar-refractivity contribution in [3.63, 3.8) is 0 Å². The van der Waals surface area contributed by atoms with E-state index in [1.165, 1.54) is 12.1 Å². The fourth-order valence-electron chi connectivity index (χ4n) is 2.66. The van der Waals surface area contributed by atoms with E-state index >= 15 is 0 Å². The van der Waals surface area contributed by atoms with E-state index in [1.54, 1.807) is 12.1 Å². The van der Waals surface area contributed by atoms with Crippen LogP contribution in [-0.4, -0.2) is 59.1 Å². The van der Waals surface area contributed by atoms with Crippen LogP contribution in [-0.2, 0) is 11.3 Å². The first-order valence-corrected chi connectivity index (χ1v) is 8.94. The third-order valence-corrected chi connectivity index (χ3v) is 4.30. The second kappa shape index (κ2) is 8.58. The zero-order valence-electron chi connectivity index (χ0n) is 15.1. The largest absolute Gasteiger partial charge is 0.358 e. The van der Waals surface area contributed by atoms with E-state index in [0.717, 1.165) is 31.7 Å². The summed E-state index contributed by atoms with van der Waals surface area (Å²) in [5.41, 5.74) is 0.784. The molecule has 0 spiro atoms. The molecule has 2 N–H and O–H groups in total. The van der Waals surface area contributed by atoms with Crippen molar-refractivity contribution in [1.82, 2.24) is 20.4 Å². The van der Waals surface area contributed by atoms with E-state index in [-0.39, 0.29) is 17.3 Å². The molecule has 0 bridgehead atoms. The molecule has 25 heavy (non-hydrogen) atoms. The van der Waals surface area contributed by atoms with Crippen molar-refractivity contribution >= 4 is 23.2 Å². The van der Waals surface area contributed by atoms with Crippen LogP contribution in [0.25, 0.3) is 0 Å². The Hall–Kier alpha value is -1.73. The number of halogens is 1. The van der Waals surface area contributed by atoms with E-state index in [4.69, 9.17) is 12.2 Å². The molecule has 138 valence electrons. The Kier molecular flexibility index (Phi) is 6.72. The summed E-state index contributed by atoms with van der Waals surface area (Å²) in [5, 5.41) is 6.89. The van der Waals surface area contributed by atoms with Crippen LogP contribution in [0, 0.1) is 5.82 Å². The van der Waals surface area contributed by atoms with Gasteiger partial charge in [0, 0.05) is 38.3 Å². The number of piperazine rings is 1. The van der Waals surface area contributed by atoms with Gasteiger partial charge >= 0.3 is 0 Å². The van der Waals surface area contributed by atoms with Crippen molar-refractivity contribution in [2.45, 2.75) is 32.9 Å². The lowest BCUT2D eigenvalue weighted by Gasteiger charge is -2.36. The molecule has 1 aliphatic heterocycles. The van der Waals surface area contributed by atoms with Crippen LogP contribution < -0.4 is 10.6 Å². The van der Waals surface area contributed by atoms with E-state index in [2.05, 4.69) is 20.4 Å². The minimum atomic E-state index is -0.238. The fourth-order valence-corrected chi connectivity index (χ4v) is 2.92. The molecular formula is C18H27FN4OS. The first-order chi connectivity index (χ1) is 11.7. The van der Waals surface area contributed by atoms with Crippen molar-refractivity contribution in [1.29, 1.82) is 0 Å². The van der Waals surface area contributed by atoms with Crippen LogP contribution in [0.15, 0.2) is 24.3 Å². The minimum absolute atomic E-state index is 0.0537. The first-order valence-electron chi connectivity index (χ1n) is 8.53. The monoisotopic (exact) mass is 366 g/mol. The zero-order chi connectivity index (χ0) is 18.4. The maximum Gasteiger partial charge on any atom is 0.234 e. The van der Waals surface area contributed by atoms with Gasteiger partial charge in [-0.25, -0.2) is 4.39 Å². The lowest BCUT2D eigenvalue weighted by molar-refractivity contribution is -0.123. The quantitative estimate of drug-likeness (QED) is 0.795. The molecule has 1 amide bonds. The van der Waals surface area contributed by atoms with Gasteiger partial charge in [-0.3, -0.25) is 9.69 Å². The van der Waals surface area contributed by atoms with Crippen LogP contribution >= 0.6 is 12.2 Å². The van der Waals surface area contributed by atoms with Crippen molar-refractivity contribution < 1.29 is 9.18 Å². The standard InChI is InChI=1S/C18H27FN4OS/c1-18(2,3)21-16(24)13-22-8-10-23(11-9-22)17(25)20-12-14-4-6-15(19)7-5-14/h4-7H,8-13H2,1-3H3,(H,20,25)(H,21,24). The second-order valence-corrected chi connectivity index (χ2v) is 7.73. The summed E-state index contributed by atoms with van der Waals surface area (Å²) in [5.74, 6) is -0.184. The van der Waals surface area contributed by atoms with Gasteiger partial charge in [0.1, 0.15) is 5.82 Å². The predicted molar refractivity (Wildman–Crippen MR) is 102 cm³/mol. The Balaban J connectivity index is 1.71. The number of nitrogens with one attached hydrogen (secondary N) is 2. The number of carbonyl (C=O) groups is 1. The van der Waals surface area contributed by atoms with E-state index in [0.29, 0.717) is 18.2 Å². The molecule has 1 heterocycles. The molecule has 0 atom stereocenters. The number of rotatable bonds is 4. The zero-order valence-corrected chi connectivity index (χ0v) is 16.0. The van der Waals surface area contributed by atoms with Crippen molar-refractivity contribution in [2.75, 3.05) is 32.7 Å². The average Bonchev–Trinajstić information content (AvgIpc) is 2.53. The molecule has 0 unspecified atom stereocenters. The first kappa shape index (κ1) is 19.6. The number of carbonyl (C=O) groups excluding carboxylic acids is 1. The summed E-state index contributed by atoms with van der Waals surface area (Å²) in [6.45, 7) is 10.1. The van der Waals surface area contributed by atoms with Crippen LogP contribution in [0.2, 0.25) is 0 Å². The maximum atomic E-state index is 12.9. The highest BCUT2D eigenvalue weighted by atomic mass is 32.1. The number of hydrogen-bond acceptors (Lipinski definition) is 3. The summed E-state index contributed by atoms with van der Waals surface area (Å²) >= 11 is 5.44. The Morgan fingerprint density at radius 3 is 2.32 bits per heavy atom. The van der Waals surface area contributed by atoms with Gasteiger partial charge in [0.15, 0.2) is 5.11 Å². The summed E-state index contributed by atoms with van der Waals surface area (Å²) in [6, 6.07) is 6.39. The molecule has 5 nitrogen and oxygen atoms in total. The second-order valence-electron chi connectivity index (χ2n) is 7.35. The molecule has 0 aliphatic carbocycles. The van der Waals surface area contributed by atoms with Gasteiger partial charge in [0.25, 0.3) is 0 Å². The molecule has 2 rings (SSSR count). The van der Waals surface area contributed by atoms with E-state index in [9.17, 15) is 9.18 Å². The number of amides is 1. The van der Waals surface area contributed by atoms with Crippen LogP contribution in [0.4, 0.5) is 4.39 Å². The average molecular weight is 367 g/mol. The summed E-state index contributed by atoms with van der Waals surface area (Å²) in [6.07, 6.45) is 0. The topological polar surface area (TPSA) is 47.6 Å². The highest BCUT2D eigenvalue weighted by Gasteiger charge is 2.22. The molecule has 1 aromatic carbocycles. The number of thiocarbonyl (C=S) groups is 1. The highest BCUT2D eigenvalue weighted by molar-refractivity contribution is 7.80. The van der Waals surface area contributed by atoms with Gasteiger partial charge in [0.05, 0.1) is 6.54 Å². The normalized spacial score (nSPS) is 15.8.